The Balaban J connectivity index is 1.66. The maximum atomic E-state index is 13.1. The van der Waals surface area contributed by atoms with Crippen LogP contribution in [0.2, 0.25) is 0 Å². The van der Waals surface area contributed by atoms with Crippen LogP contribution in [0.25, 0.3) is 10.9 Å². The van der Waals surface area contributed by atoms with E-state index in [4.69, 9.17) is 0 Å². The van der Waals surface area contributed by atoms with Crippen LogP contribution in [-0.2, 0) is 13.0 Å². The Labute approximate surface area is 145 Å². The second-order valence-electron chi connectivity index (χ2n) is 6.14. The van der Waals surface area contributed by atoms with Crippen LogP contribution >= 0.6 is 11.3 Å². The average Bonchev–Trinajstić information content (AvgIpc) is 3.17. The summed E-state index contributed by atoms with van der Waals surface area (Å²) in [6.45, 7) is 4.62. The maximum Gasteiger partial charge on any atom is 0.268 e. The van der Waals surface area contributed by atoms with Gasteiger partial charge in [0.1, 0.15) is 0 Å². The van der Waals surface area contributed by atoms with Crippen LogP contribution in [-0.4, -0.2) is 24.0 Å². The van der Waals surface area contributed by atoms with E-state index in [0.29, 0.717) is 6.54 Å². The van der Waals surface area contributed by atoms with E-state index in [-0.39, 0.29) is 5.91 Å². The van der Waals surface area contributed by atoms with Crippen molar-refractivity contribution in [1.29, 1.82) is 0 Å². The summed E-state index contributed by atoms with van der Waals surface area (Å²) in [6.07, 6.45) is 4.14. The van der Waals surface area contributed by atoms with Gasteiger partial charge in [0.15, 0.2) is 0 Å². The molecule has 0 unspecified atom stereocenters. The minimum absolute atomic E-state index is 0.102. The first-order chi connectivity index (χ1) is 11.8. The van der Waals surface area contributed by atoms with Crippen molar-refractivity contribution >= 4 is 33.8 Å². The highest BCUT2D eigenvalue weighted by Crippen LogP contribution is 2.29. The molecule has 0 fully saturated rings. The molecule has 1 aliphatic heterocycles. The van der Waals surface area contributed by atoms with Crippen molar-refractivity contribution in [2.24, 2.45) is 0 Å². The Morgan fingerprint density at radius 1 is 1.29 bits per heavy atom. The molecule has 4 rings (SSSR count). The third-order valence-electron chi connectivity index (χ3n) is 4.59. The number of benzene rings is 1. The Bertz CT molecular complexity index is 856. The highest BCUT2D eigenvalue weighted by Gasteiger charge is 2.21. The second kappa shape index (κ2) is 6.42. The summed E-state index contributed by atoms with van der Waals surface area (Å²) in [7, 11) is 0. The van der Waals surface area contributed by atoms with Gasteiger partial charge in [-0.2, -0.15) is 0 Å². The molecule has 0 bridgehead atoms. The van der Waals surface area contributed by atoms with Crippen LogP contribution in [0.15, 0.2) is 36.5 Å². The van der Waals surface area contributed by atoms with Gasteiger partial charge >= 0.3 is 0 Å². The molecule has 0 aliphatic carbocycles. The number of aromatic amines is 1. The fourth-order valence-corrected chi connectivity index (χ4v) is 4.49. The van der Waals surface area contributed by atoms with Crippen molar-refractivity contribution in [2.45, 2.75) is 26.3 Å². The second-order valence-corrected chi connectivity index (χ2v) is 7.27. The largest absolute Gasteiger partial charge is 0.361 e. The lowest BCUT2D eigenvalue weighted by Gasteiger charge is -2.20. The number of carbonyl (C=O) groups is 1. The van der Waals surface area contributed by atoms with E-state index >= 15 is 0 Å². The summed E-state index contributed by atoms with van der Waals surface area (Å²) in [5.41, 5.74) is 3.34. The van der Waals surface area contributed by atoms with E-state index in [0.717, 1.165) is 47.4 Å². The Morgan fingerprint density at radius 3 is 3.08 bits per heavy atom. The Morgan fingerprint density at radius 2 is 2.21 bits per heavy atom. The van der Waals surface area contributed by atoms with E-state index in [1.165, 1.54) is 10.4 Å². The summed E-state index contributed by atoms with van der Waals surface area (Å²) in [5.74, 6) is 0.102. The van der Waals surface area contributed by atoms with Gasteiger partial charge in [0, 0.05) is 40.8 Å². The molecule has 2 aromatic heterocycles. The minimum atomic E-state index is 0.102. The molecule has 2 N–H and O–H groups in total. The molecule has 1 aromatic carbocycles. The van der Waals surface area contributed by atoms with Crippen molar-refractivity contribution in [3.8, 4) is 0 Å². The smallest absolute Gasteiger partial charge is 0.268 e. The first kappa shape index (κ1) is 15.4. The van der Waals surface area contributed by atoms with Gasteiger partial charge in [0.2, 0.25) is 0 Å². The number of aromatic nitrogens is 1. The molecule has 0 saturated carbocycles. The predicted octanol–water partition coefficient (Wildman–Crippen LogP) is 3.93. The van der Waals surface area contributed by atoms with Gasteiger partial charge in [0.25, 0.3) is 5.91 Å². The number of carbonyl (C=O) groups excluding carboxylic acids is 1. The molecule has 0 saturated heterocycles. The third kappa shape index (κ3) is 2.74. The van der Waals surface area contributed by atoms with Crippen molar-refractivity contribution in [3.05, 3.63) is 51.8 Å². The third-order valence-corrected chi connectivity index (χ3v) is 5.82. The molecule has 4 nitrogen and oxygen atoms in total. The van der Waals surface area contributed by atoms with E-state index < -0.39 is 0 Å². The molecule has 0 atom stereocenters. The van der Waals surface area contributed by atoms with Gasteiger partial charge in [-0.05, 0) is 62.2 Å². The number of nitrogens with zero attached hydrogens (tertiary/aromatic N) is 1. The molecule has 0 radical (unpaired) electrons. The molecule has 1 amide bonds. The molecule has 5 heteroatoms. The molecule has 3 aromatic rings. The number of H-pyrrole nitrogens is 1. The molecule has 24 heavy (non-hydrogen) atoms. The fraction of sp³-hybridized carbons (Fsp3) is 0.316. The van der Waals surface area contributed by atoms with Gasteiger partial charge in [-0.1, -0.05) is 0 Å². The Hall–Kier alpha value is -2.11. The van der Waals surface area contributed by atoms with Crippen LogP contribution < -0.4 is 10.2 Å². The summed E-state index contributed by atoms with van der Waals surface area (Å²) in [6, 6.07) is 10.2. The minimum Gasteiger partial charge on any atom is -0.361 e. The highest BCUT2D eigenvalue weighted by molar-refractivity contribution is 7.14. The molecular formula is C19H21N3OS. The lowest BCUT2D eigenvalue weighted by atomic mass is 10.2. The molecule has 0 spiro atoms. The van der Waals surface area contributed by atoms with Gasteiger partial charge in [-0.3, -0.25) is 4.79 Å². The number of fused-ring (bicyclic) bond motifs is 2. The number of amides is 1. The molecule has 124 valence electrons. The van der Waals surface area contributed by atoms with Gasteiger partial charge in [0.05, 0.1) is 4.88 Å². The monoisotopic (exact) mass is 339 g/mol. The number of hydrogen-bond acceptors (Lipinski definition) is 3. The number of aryl methyl sites for hydroxylation is 1. The maximum absolute atomic E-state index is 13.1. The van der Waals surface area contributed by atoms with Crippen molar-refractivity contribution in [2.75, 3.05) is 18.0 Å². The SMILES string of the molecule is CCN(C(=O)c1cc2c(s1)CCCNC2)c1ccc2[nH]ccc2c1. The van der Waals surface area contributed by atoms with E-state index in [1.54, 1.807) is 11.3 Å². The van der Waals surface area contributed by atoms with Crippen LogP contribution in [0.1, 0.15) is 33.5 Å². The van der Waals surface area contributed by atoms with Crippen molar-refractivity contribution in [3.63, 3.8) is 0 Å². The zero-order valence-electron chi connectivity index (χ0n) is 13.8. The lowest BCUT2D eigenvalue weighted by Crippen LogP contribution is -2.29. The molecule has 3 heterocycles. The van der Waals surface area contributed by atoms with Gasteiger partial charge in [-0.25, -0.2) is 0 Å². The van der Waals surface area contributed by atoms with Crippen LogP contribution in [0, 0.1) is 0 Å². The van der Waals surface area contributed by atoms with Gasteiger partial charge < -0.3 is 15.2 Å². The zero-order chi connectivity index (χ0) is 16.5. The topological polar surface area (TPSA) is 48.1 Å². The quantitative estimate of drug-likeness (QED) is 0.759. The van der Waals surface area contributed by atoms with E-state index in [9.17, 15) is 4.79 Å². The summed E-state index contributed by atoms with van der Waals surface area (Å²) < 4.78 is 0. The molecule has 1 aliphatic rings. The number of thiophene rings is 1. The van der Waals surface area contributed by atoms with Crippen LogP contribution in [0.4, 0.5) is 5.69 Å². The van der Waals surface area contributed by atoms with Gasteiger partial charge in [-0.15, -0.1) is 11.3 Å². The first-order valence-electron chi connectivity index (χ1n) is 8.47. The van der Waals surface area contributed by atoms with Crippen LogP contribution in [0.5, 0.6) is 0 Å². The first-order valence-corrected chi connectivity index (χ1v) is 9.29. The van der Waals surface area contributed by atoms with E-state index in [1.807, 2.05) is 36.2 Å². The normalized spacial score (nSPS) is 14.4. The highest BCUT2D eigenvalue weighted by atomic mass is 32.1. The standard InChI is InChI=1S/C19H21N3OS/c1-2-22(15-5-6-16-13(10-15)7-9-21-16)19(23)18-11-14-12-20-8-3-4-17(14)24-18/h5-7,9-11,20-21H,2-4,8,12H2,1H3. The number of rotatable bonds is 3. The lowest BCUT2D eigenvalue weighted by molar-refractivity contribution is 0.0992. The van der Waals surface area contributed by atoms with E-state index in [2.05, 4.69) is 22.4 Å². The van der Waals surface area contributed by atoms with Crippen LogP contribution in [0.3, 0.4) is 0 Å². The van der Waals surface area contributed by atoms with Crippen molar-refractivity contribution in [1.82, 2.24) is 10.3 Å². The number of hydrogen-bond donors (Lipinski definition) is 2. The summed E-state index contributed by atoms with van der Waals surface area (Å²) in [5, 5.41) is 4.56. The number of nitrogens with one attached hydrogen (secondary N) is 2. The van der Waals surface area contributed by atoms with Crippen molar-refractivity contribution < 1.29 is 4.79 Å². The summed E-state index contributed by atoms with van der Waals surface area (Å²) in [4.78, 5) is 20.3. The molecular weight excluding hydrogens is 318 g/mol. The average molecular weight is 339 g/mol. The predicted molar refractivity (Wildman–Crippen MR) is 100.0 cm³/mol. The summed E-state index contributed by atoms with van der Waals surface area (Å²) >= 11 is 1.66. The Kier molecular flexibility index (Phi) is 4.12. The zero-order valence-corrected chi connectivity index (χ0v) is 14.6. The fourth-order valence-electron chi connectivity index (χ4n) is 3.32. The number of anilines is 1.